The molecule has 2 rings (SSSR count). The second-order valence-electron chi connectivity index (χ2n) is 4.55. The van der Waals surface area contributed by atoms with Gasteiger partial charge in [0.15, 0.2) is 0 Å². The lowest BCUT2D eigenvalue weighted by Crippen LogP contribution is -2.40. The van der Waals surface area contributed by atoms with Crippen LogP contribution in [0.25, 0.3) is 0 Å². The molecule has 0 aromatic carbocycles. The molecular weight excluding hydrogens is 268 g/mol. The zero-order valence-electron chi connectivity index (χ0n) is 10.7. The number of aromatic carboxylic acids is 1. The number of rotatable bonds is 4. The number of carbonyl (C=O) groups excluding carboxylic acids is 1. The van der Waals surface area contributed by atoms with Crippen molar-refractivity contribution in [3.05, 3.63) is 16.1 Å². The van der Waals surface area contributed by atoms with Gasteiger partial charge in [-0.3, -0.25) is 4.79 Å². The molecule has 1 N–H and O–H groups in total. The molecule has 1 aromatic heterocycles. The van der Waals surface area contributed by atoms with Gasteiger partial charge < -0.3 is 14.7 Å². The van der Waals surface area contributed by atoms with Crippen molar-refractivity contribution in [3.8, 4) is 0 Å². The van der Waals surface area contributed by atoms with Crippen LogP contribution in [0.1, 0.15) is 32.3 Å². The summed E-state index contributed by atoms with van der Waals surface area (Å²) in [5.74, 6) is -0.875. The van der Waals surface area contributed by atoms with Gasteiger partial charge >= 0.3 is 5.97 Å². The van der Waals surface area contributed by atoms with Crippen LogP contribution in [0.2, 0.25) is 0 Å². The largest absolute Gasteiger partial charge is 0.476 e. The normalized spacial score (nSPS) is 19.4. The topological polar surface area (TPSA) is 79.7 Å². The first kappa shape index (κ1) is 14.0. The quantitative estimate of drug-likeness (QED) is 0.902. The number of methoxy groups -OCH3 is 1. The first-order valence-corrected chi connectivity index (χ1v) is 6.90. The predicted molar refractivity (Wildman–Crippen MR) is 69.6 cm³/mol. The molecule has 1 unspecified atom stereocenters. The van der Waals surface area contributed by atoms with Crippen molar-refractivity contribution in [1.29, 1.82) is 0 Å². The Bertz CT molecular complexity index is 472. The van der Waals surface area contributed by atoms with Gasteiger partial charge in [-0.1, -0.05) is 0 Å². The number of thiazole rings is 1. The van der Waals surface area contributed by atoms with E-state index in [4.69, 9.17) is 9.84 Å². The van der Waals surface area contributed by atoms with Crippen molar-refractivity contribution in [2.24, 2.45) is 5.92 Å². The molecule has 2 heterocycles. The van der Waals surface area contributed by atoms with E-state index in [1.54, 1.807) is 12.0 Å². The number of ether oxygens (including phenoxy) is 1. The number of carboxylic acid groups (broad SMARTS) is 1. The molecule has 0 bridgehead atoms. The van der Waals surface area contributed by atoms with Crippen molar-refractivity contribution in [2.45, 2.75) is 12.8 Å². The lowest BCUT2D eigenvalue weighted by atomic mass is 9.99. The van der Waals surface area contributed by atoms with E-state index >= 15 is 0 Å². The van der Waals surface area contributed by atoms with Gasteiger partial charge in [-0.05, 0) is 18.8 Å². The maximum atomic E-state index is 12.2. The molecule has 6 nitrogen and oxygen atoms in total. The lowest BCUT2D eigenvalue weighted by molar-refractivity contribution is 0.0574. The Kier molecular flexibility index (Phi) is 4.49. The molecule has 0 spiro atoms. The number of likely N-dealkylation sites (tertiary alicyclic amines) is 1. The van der Waals surface area contributed by atoms with Crippen molar-refractivity contribution >= 4 is 23.2 Å². The average Bonchev–Trinajstić information content (AvgIpc) is 2.88. The average molecular weight is 284 g/mol. The first-order valence-electron chi connectivity index (χ1n) is 6.09. The molecule has 1 aliphatic heterocycles. The Morgan fingerprint density at radius 2 is 2.42 bits per heavy atom. The second kappa shape index (κ2) is 6.12. The lowest BCUT2D eigenvalue weighted by Gasteiger charge is -2.32. The Morgan fingerprint density at radius 1 is 1.63 bits per heavy atom. The maximum Gasteiger partial charge on any atom is 0.365 e. The highest BCUT2D eigenvalue weighted by molar-refractivity contribution is 7.15. The Balaban J connectivity index is 2.03. The van der Waals surface area contributed by atoms with Gasteiger partial charge in [0.2, 0.25) is 5.01 Å². The van der Waals surface area contributed by atoms with Gasteiger partial charge in [0.25, 0.3) is 5.91 Å². The van der Waals surface area contributed by atoms with Crippen LogP contribution in [0.4, 0.5) is 0 Å². The molecule has 1 aliphatic rings. The van der Waals surface area contributed by atoms with E-state index in [1.165, 1.54) is 6.20 Å². The van der Waals surface area contributed by atoms with Crippen LogP contribution in [0.15, 0.2) is 6.20 Å². The van der Waals surface area contributed by atoms with Crippen LogP contribution in [0.5, 0.6) is 0 Å². The highest BCUT2D eigenvalue weighted by atomic mass is 32.1. The standard InChI is InChI=1S/C12H16N2O4S/c1-18-7-8-3-2-4-14(6-8)11(15)9-5-13-10(19-9)12(16)17/h5,8H,2-4,6-7H2,1H3,(H,16,17). The van der Waals surface area contributed by atoms with Gasteiger partial charge in [0.1, 0.15) is 4.88 Å². The van der Waals surface area contributed by atoms with Gasteiger partial charge in [0.05, 0.1) is 12.8 Å². The fraction of sp³-hybridized carbons (Fsp3) is 0.583. The van der Waals surface area contributed by atoms with Gasteiger partial charge in [-0.2, -0.15) is 0 Å². The minimum atomic E-state index is -1.10. The van der Waals surface area contributed by atoms with Crippen molar-refractivity contribution < 1.29 is 19.4 Å². The van der Waals surface area contributed by atoms with E-state index in [9.17, 15) is 9.59 Å². The summed E-state index contributed by atoms with van der Waals surface area (Å²) >= 11 is 0.924. The van der Waals surface area contributed by atoms with Crippen LogP contribution in [-0.4, -0.2) is 53.7 Å². The zero-order chi connectivity index (χ0) is 13.8. The third-order valence-electron chi connectivity index (χ3n) is 3.11. The number of aromatic nitrogens is 1. The predicted octanol–water partition coefficient (Wildman–Crippen LogP) is 1.34. The molecule has 1 amide bonds. The van der Waals surface area contributed by atoms with Gasteiger partial charge in [-0.15, -0.1) is 11.3 Å². The van der Waals surface area contributed by atoms with Crippen LogP contribution in [0, 0.1) is 5.92 Å². The maximum absolute atomic E-state index is 12.2. The molecule has 1 aromatic rings. The minimum Gasteiger partial charge on any atom is -0.476 e. The summed E-state index contributed by atoms with van der Waals surface area (Å²) in [5.41, 5.74) is 0. The molecule has 1 saturated heterocycles. The third kappa shape index (κ3) is 3.30. The number of hydrogen-bond acceptors (Lipinski definition) is 5. The number of hydrogen-bond donors (Lipinski definition) is 1. The van der Waals surface area contributed by atoms with E-state index in [1.807, 2.05) is 0 Å². The van der Waals surface area contributed by atoms with Crippen LogP contribution in [0.3, 0.4) is 0 Å². The van der Waals surface area contributed by atoms with Crippen LogP contribution in [-0.2, 0) is 4.74 Å². The molecule has 19 heavy (non-hydrogen) atoms. The van der Waals surface area contributed by atoms with Crippen LogP contribution < -0.4 is 0 Å². The van der Waals surface area contributed by atoms with E-state index in [2.05, 4.69) is 4.98 Å². The summed E-state index contributed by atoms with van der Waals surface area (Å²) in [7, 11) is 1.66. The van der Waals surface area contributed by atoms with Crippen molar-refractivity contribution in [1.82, 2.24) is 9.88 Å². The summed E-state index contributed by atoms with van der Waals surface area (Å²) < 4.78 is 5.13. The summed E-state index contributed by atoms with van der Waals surface area (Å²) in [6, 6.07) is 0. The zero-order valence-corrected chi connectivity index (χ0v) is 11.5. The third-order valence-corrected chi connectivity index (χ3v) is 4.08. The summed E-state index contributed by atoms with van der Waals surface area (Å²) in [6.45, 7) is 2.01. The highest BCUT2D eigenvalue weighted by Crippen LogP contribution is 2.21. The molecule has 104 valence electrons. The Hall–Kier alpha value is -1.47. The van der Waals surface area contributed by atoms with E-state index in [0.717, 1.165) is 24.2 Å². The fourth-order valence-corrected chi connectivity index (χ4v) is 2.97. The molecule has 0 saturated carbocycles. The number of carbonyl (C=O) groups is 2. The fourth-order valence-electron chi connectivity index (χ4n) is 2.25. The van der Waals surface area contributed by atoms with Crippen LogP contribution >= 0.6 is 11.3 Å². The van der Waals surface area contributed by atoms with Crippen molar-refractivity contribution in [2.75, 3.05) is 26.8 Å². The van der Waals surface area contributed by atoms with E-state index in [0.29, 0.717) is 30.5 Å². The second-order valence-corrected chi connectivity index (χ2v) is 5.58. The molecule has 0 radical (unpaired) electrons. The summed E-state index contributed by atoms with van der Waals surface area (Å²) in [5, 5.41) is 8.76. The van der Waals surface area contributed by atoms with E-state index in [-0.39, 0.29) is 10.9 Å². The Morgan fingerprint density at radius 3 is 3.05 bits per heavy atom. The minimum absolute atomic E-state index is 0.0474. The first-order chi connectivity index (χ1) is 9.11. The molecule has 1 fully saturated rings. The molecule has 0 aliphatic carbocycles. The number of nitrogens with zero attached hydrogens (tertiary/aromatic N) is 2. The summed E-state index contributed by atoms with van der Waals surface area (Å²) in [4.78, 5) is 28.9. The van der Waals surface area contributed by atoms with E-state index < -0.39 is 5.97 Å². The van der Waals surface area contributed by atoms with Gasteiger partial charge in [-0.25, -0.2) is 9.78 Å². The smallest absolute Gasteiger partial charge is 0.365 e. The molecule has 1 atom stereocenters. The summed E-state index contributed by atoms with van der Waals surface area (Å²) in [6.07, 6.45) is 3.35. The Labute approximate surface area is 115 Å². The highest BCUT2D eigenvalue weighted by Gasteiger charge is 2.26. The number of piperidine rings is 1. The van der Waals surface area contributed by atoms with Gasteiger partial charge in [0, 0.05) is 20.2 Å². The molecular formula is C12H16N2O4S. The van der Waals surface area contributed by atoms with Crippen molar-refractivity contribution in [3.63, 3.8) is 0 Å². The number of amides is 1. The number of carboxylic acids is 1. The SMILES string of the molecule is COCC1CCCN(C(=O)c2cnc(C(=O)O)s2)C1. The monoisotopic (exact) mass is 284 g/mol. The molecule has 7 heteroatoms.